The van der Waals surface area contributed by atoms with E-state index in [-0.39, 0.29) is 12.5 Å². The zero-order valence-corrected chi connectivity index (χ0v) is 9.36. The standard InChI is InChI=1S/C12H15N3O2/c13-8-2-3-9-10(7-15-11(9)6-8)12(17)14-4-1-5-16/h2-3,6-7,15-16H,1,4-5,13H2,(H,14,17). The van der Waals surface area contributed by atoms with Crippen LogP contribution in [0.1, 0.15) is 16.8 Å². The van der Waals surface area contributed by atoms with Crippen molar-refractivity contribution in [3.8, 4) is 0 Å². The number of rotatable bonds is 4. The molecule has 0 saturated heterocycles. The molecule has 0 saturated carbocycles. The van der Waals surface area contributed by atoms with E-state index in [0.717, 1.165) is 10.9 Å². The second-order valence-corrected chi connectivity index (χ2v) is 3.84. The van der Waals surface area contributed by atoms with Crippen LogP contribution in [0.4, 0.5) is 5.69 Å². The van der Waals surface area contributed by atoms with E-state index in [0.29, 0.717) is 24.2 Å². The molecule has 90 valence electrons. The van der Waals surface area contributed by atoms with Crippen molar-refractivity contribution in [2.24, 2.45) is 0 Å². The Morgan fingerprint density at radius 3 is 3.06 bits per heavy atom. The molecule has 0 spiro atoms. The predicted molar refractivity (Wildman–Crippen MR) is 66.7 cm³/mol. The lowest BCUT2D eigenvalue weighted by Crippen LogP contribution is -2.24. The number of carbonyl (C=O) groups excluding carboxylic acids is 1. The number of carbonyl (C=O) groups is 1. The Kier molecular flexibility index (Phi) is 3.30. The van der Waals surface area contributed by atoms with E-state index in [2.05, 4.69) is 10.3 Å². The minimum atomic E-state index is -0.144. The number of hydrogen-bond acceptors (Lipinski definition) is 3. The molecule has 0 bridgehead atoms. The molecular formula is C12H15N3O2. The first kappa shape index (κ1) is 11.5. The van der Waals surface area contributed by atoms with Gasteiger partial charge in [-0.2, -0.15) is 0 Å². The van der Waals surface area contributed by atoms with Crippen LogP contribution in [-0.4, -0.2) is 29.1 Å². The summed E-state index contributed by atoms with van der Waals surface area (Å²) in [5.74, 6) is -0.144. The third-order valence-electron chi connectivity index (χ3n) is 2.57. The molecule has 2 aromatic rings. The maximum Gasteiger partial charge on any atom is 0.253 e. The molecule has 0 aliphatic rings. The van der Waals surface area contributed by atoms with Crippen molar-refractivity contribution >= 4 is 22.5 Å². The quantitative estimate of drug-likeness (QED) is 0.466. The van der Waals surface area contributed by atoms with Gasteiger partial charge < -0.3 is 21.1 Å². The van der Waals surface area contributed by atoms with Gasteiger partial charge in [0.25, 0.3) is 5.91 Å². The van der Waals surface area contributed by atoms with Gasteiger partial charge in [0.2, 0.25) is 0 Å². The molecular weight excluding hydrogens is 218 g/mol. The summed E-state index contributed by atoms with van der Waals surface area (Å²) in [6.45, 7) is 0.543. The Bertz CT molecular complexity index is 534. The van der Waals surface area contributed by atoms with Crippen molar-refractivity contribution in [1.82, 2.24) is 10.3 Å². The monoisotopic (exact) mass is 233 g/mol. The fourth-order valence-corrected chi connectivity index (χ4v) is 1.71. The van der Waals surface area contributed by atoms with Gasteiger partial charge in [-0.15, -0.1) is 0 Å². The van der Waals surface area contributed by atoms with Gasteiger partial charge in [0, 0.05) is 35.9 Å². The highest BCUT2D eigenvalue weighted by Gasteiger charge is 2.11. The average molecular weight is 233 g/mol. The number of nitrogens with two attached hydrogens (primary N) is 1. The van der Waals surface area contributed by atoms with Crippen LogP contribution >= 0.6 is 0 Å². The van der Waals surface area contributed by atoms with Crippen molar-refractivity contribution in [3.63, 3.8) is 0 Å². The first-order valence-corrected chi connectivity index (χ1v) is 5.48. The number of H-pyrrole nitrogens is 1. The zero-order valence-electron chi connectivity index (χ0n) is 9.36. The summed E-state index contributed by atoms with van der Waals surface area (Å²) in [5, 5.41) is 12.2. The number of nitrogens with one attached hydrogen (secondary N) is 2. The highest BCUT2D eigenvalue weighted by molar-refractivity contribution is 6.07. The summed E-state index contributed by atoms with van der Waals surface area (Å²) in [5.41, 5.74) is 7.76. The lowest BCUT2D eigenvalue weighted by Gasteiger charge is -2.02. The average Bonchev–Trinajstić information content (AvgIpc) is 2.72. The van der Waals surface area contributed by atoms with Gasteiger partial charge in [-0.3, -0.25) is 4.79 Å². The molecule has 0 unspecified atom stereocenters. The first-order chi connectivity index (χ1) is 8.22. The van der Waals surface area contributed by atoms with Crippen molar-refractivity contribution in [3.05, 3.63) is 30.0 Å². The third-order valence-corrected chi connectivity index (χ3v) is 2.57. The molecule has 0 aliphatic heterocycles. The van der Waals surface area contributed by atoms with Crippen LogP contribution in [0.25, 0.3) is 10.9 Å². The van der Waals surface area contributed by atoms with Crippen molar-refractivity contribution in [1.29, 1.82) is 0 Å². The second kappa shape index (κ2) is 4.88. The van der Waals surface area contributed by atoms with Crippen molar-refractivity contribution < 1.29 is 9.90 Å². The summed E-state index contributed by atoms with van der Waals surface area (Å²) in [6, 6.07) is 5.38. The lowest BCUT2D eigenvalue weighted by molar-refractivity contribution is 0.0953. The van der Waals surface area contributed by atoms with E-state index in [9.17, 15) is 4.79 Å². The predicted octanol–water partition coefficient (Wildman–Crippen LogP) is 0.862. The SMILES string of the molecule is Nc1ccc2c(C(=O)NCCCO)c[nH]c2c1. The maximum absolute atomic E-state index is 11.8. The Hall–Kier alpha value is -2.01. The van der Waals surface area contributed by atoms with E-state index >= 15 is 0 Å². The number of aromatic amines is 1. The van der Waals surface area contributed by atoms with Gasteiger partial charge >= 0.3 is 0 Å². The van der Waals surface area contributed by atoms with Crippen LogP contribution < -0.4 is 11.1 Å². The fraction of sp³-hybridized carbons (Fsp3) is 0.250. The van der Waals surface area contributed by atoms with Crippen LogP contribution in [-0.2, 0) is 0 Å². The largest absolute Gasteiger partial charge is 0.399 e. The van der Waals surface area contributed by atoms with E-state index in [1.165, 1.54) is 0 Å². The van der Waals surface area contributed by atoms with Crippen molar-refractivity contribution in [2.45, 2.75) is 6.42 Å². The molecule has 1 heterocycles. The molecule has 1 aromatic heterocycles. The number of amides is 1. The number of aliphatic hydroxyl groups excluding tert-OH is 1. The number of anilines is 1. The summed E-state index contributed by atoms with van der Waals surface area (Å²) in [4.78, 5) is 14.8. The molecule has 17 heavy (non-hydrogen) atoms. The molecule has 1 amide bonds. The number of hydrogen-bond donors (Lipinski definition) is 4. The fourth-order valence-electron chi connectivity index (χ4n) is 1.71. The smallest absolute Gasteiger partial charge is 0.253 e. The minimum Gasteiger partial charge on any atom is -0.399 e. The Balaban J connectivity index is 2.21. The summed E-state index contributed by atoms with van der Waals surface area (Å²) in [7, 11) is 0. The molecule has 0 atom stereocenters. The van der Waals surface area contributed by atoms with Crippen LogP contribution in [0, 0.1) is 0 Å². The molecule has 2 rings (SSSR count). The first-order valence-electron chi connectivity index (χ1n) is 5.48. The Morgan fingerprint density at radius 1 is 1.47 bits per heavy atom. The maximum atomic E-state index is 11.8. The summed E-state index contributed by atoms with van der Waals surface area (Å²) in [6.07, 6.45) is 2.22. The zero-order chi connectivity index (χ0) is 12.3. The van der Waals surface area contributed by atoms with Crippen LogP contribution in [0.2, 0.25) is 0 Å². The number of benzene rings is 1. The summed E-state index contributed by atoms with van der Waals surface area (Å²) >= 11 is 0. The van der Waals surface area contributed by atoms with Gasteiger partial charge in [0.15, 0.2) is 0 Å². The molecule has 5 heteroatoms. The normalized spacial score (nSPS) is 10.6. The topological polar surface area (TPSA) is 91.1 Å². The van der Waals surface area contributed by atoms with Crippen LogP contribution in [0.15, 0.2) is 24.4 Å². The van der Waals surface area contributed by atoms with E-state index in [1.54, 1.807) is 18.3 Å². The number of aliphatic hydroxyl groups is 1. The Labute approximate surface area is 98.6 Å². The van der Waals surface area contributed by atoms with E-state index < -0.39 is 0 Å². The van der Waals surface area contributed by atoms with Gasteiger partial charge in [-0.1, -0.05) is 0 Å². The number of nitrogen functional groups attached to an aromatic ring is 1. The third kappa shape index (κ3) is 2.39. The molecule has 0 fully saturated rings. The van der Waals surface area contributed by atoms with Gasteiger partial charge in [-0.25, -0.2) is 0 Å². The molecule has 5 N–H and O–H groups in total. The molecule has 0 aliphatic carbocycles. The number of fused-ring (bicyclic) bond motifs is 1. The van der Waals surface area contributed by atoms with Crippen molar-refractivity contribution in [2.75, 3.05) is 18.9 Å². The van der Waals surface area contributed by atoms with Gasteiger partial charge in [-0.05, 0) is 24.6 Å². The van der Waals surface area contributed by atoms with E-state index in [4.69, 9.17) is 10.8 Å². The van der Waals surface area contributed by atoms with Gasteiger partial charge in [0.05, 0.1) is 5.56 Å². The molecule has 0 radical (unpaired) electrons. The summed E-state index contributed by atoms with van der Waals surface area (Å²) < 4.78 is 0. The van der Waals surface area contributed by atoms with Gasteiger partial charge in [0.1, 0.15) is 0 Å². The Morgan fingerprint density at radius 2 is 2.29 bits per heavy atom. The minimum absolute atomic E-state index is 0.0741. The highest BCUT2D eigenvalue weighted by Crippen LogP contribution is 2.20. The van der Waals surface area contributed by atoms with Crippen LogP contribution in [0.5, 0.6) is 0 Å². The molecule has 5 nitrogen and oxygen atoms in total. The lowest BCUT2D eigenvalue weighted by atomic mass is 10.1. The molecule has 1 aromatic carbocycles. The highest BCUT2D eigenvalue weighted by atomic mass is 16.3. The van der Waals surface area contributed by atoms with Crippen LogP contribution in [0.3, 0.4) is 0 Å². The second-order valence-electron chi connectivity index (χ2n) is 3.84. The number of aromatic nitrogens is 1. The van der Waals surface area contributed by atoms with E-state index in [1.807, 2.05) is 6.07 Å².